The van der Waals surface area contributed by atoms with E-state index in [9.17, 15) is 22.8 Å². The van der Waals surface area contributed by atoms with Gasteiger partial charge in [-0.2, -0.15) is 0 Å². The molecule has 0 unspecified atom stereocenters. The molecule has 0 bridgehead atoms. The third kappa shape index (κ3) is 4.38. The van der Waals surface area contributed by atoms with Gasteiger partial charge in [-0.05, 0) is 44.2 Å². The van der Waals surface area contributed by atoms with E-state index in [1.807, 2.05) is 30.3 Å². The summed E-state index contributed by atoms with van der Waals surface area (Å²) in [5, 5.41) is -0.403. The van der Waals surface area contributed by atoms with Crippen molar-refractivity contribution in [3.63, 3.8) is 0 Å². The van der Waals surface area contributed by atoms with E-state index in [-0.39, 0.29) is 17.7 Å². The van der Waals surface area contributed by atoms with Crippen LogP contribution in [0.15, 0.2) is 52.3 Å². The molecule has 0 aliphatic carbocycles. The molecule has 4 nitrogen and oxygen atoms in total. The molecular formula is C22H20F3NO3S. The largest absolute Gasteiger partial charge is 0.462 e. The van der Waals surface area contributed by atoms with Gasteiger partial charge in [0.2, 0.25) is 5.43 Å². The van der Waals surface area contributed by atoms with Crippen molar-refractivity contribution in [3.8, 4) is 0 Å². The van der Waals surface area contributed by atoms with Gasteiger partial charge in [0.15, 0.2) is 17.5 Å². The van der Waals surface area contributed by atoms with Crippen LogP contribution in [0.5, 0.6) is 0 Å². The number of carbonyl (C=O) groups is 1. The summed E-state index contributed by atoms with van der Waals surface area (Å²) in [6.45, 7) is 3.37. The predicted molar refractivity (Wildman–Crippen MR) is 111 cm³/mol. The number of nitrogens with zero attached hydrogens (tertiary/aromatic N) is 1. The molecule has 1 atom stereocenters. The maximum Gasteiger partial charge on any atom is 0.343 e. The third-order valence-corrected chi connectivity index (χ3v) is 5.72. The van der Waals surface area contributed by atoms with Crippen LogP contribution in [0.25, 0.3) is 10.9 Å². The number of benzene rings is 2. The molecule has 0 aliphatic rings. The van der Waals surface area contributed by atoms with Gasteiger partial charge in [0.1, 0.15) is 5.56 Å². The second kappa shape index (κ2) is 9.38. The Morgan fingerprint density at radius 3 is 2.53 bits per heavy atom. The average molecular weight is 435 g/mol. The third-order valence-electron chi connectivity index (χ3n) is 4.67. The molecule has 1 aromatic heterocycles. The van der Waals surface area contributed by atoms with Crippen molar-refractivity contribution in [1.29, 1.82) is 0 Å². The van der Waals surface area contributed by atoms with Crippen LogP contribution in [0, 0.1) is 17.5 Å². The van der Waals surface area contributed by atoms with Crippen LogP contribution in [0.1, 0.15) is 36.7 Å². The number of fused-ring (bicyclic) bond motifs is 1. The molecule has 158 valence electrons. The zero-order valence-corrected chi connectivity index (χ0v) is 17.3. The maximum atomic E-state index is 14.6. The number of pyridine rings is 1. The van der Waals surface area contributed by atoms with E-state index in [1.54, 1.807) is 25.6 Å². The van der Waals surface area contributed by atoms with Crippen LogP contribution in [0.2, 0.25) is 0 Å². The lowest BCUT2D eigenvalue weighted by Gasteiger charge is -2.20. The summed E-state index contributed by atoms with van der Waals surface area (Å²) in [4.78, 5) is 25.9. The van der Waals surface area contributed by atoms with Gasteiger partial charge in [-0.1, -0.05) is 18.2 Å². The van der Waals surface area contributed by atoms with Gasteiger partial charge in [-0.3, -0.25) is 4.79 Å². The Balaban J connectivity index is 2.04. The van der Waals surface area contributed by atoms with Crippen LogP contribution in [0.4, 0.5) is 13.2 Å². The minimum atomic E-state index is -1.66. The minimum Gasteiger partial charge on any atom is -0.462 e. The highest BCUT2D eigenvalue weighted by atomic mass is 32.2. The molecule has 2 aromatic carbocycles. The van der Waals surface area contributed by atoms with Gasteiger partial charge in [0.05, 0.1) is 17.5 Å². The van der Waals surface area contributed by atoms with Crippen molar-refractivity contribution in [2.75, 3.05) is 12.4 Å². The van der Waals surface area contributed by atoms with E-state index in [4.69, 9.17) is 4.74 Å². The lowest BCUT2D eigenvalue weighted by Crippen LogP contribution is -2.23. The molecule has 0 saturated carbocycles. The highest BCUT2D eigenvalue weighted by molar-refractivity contribution is 7.99. The molecule has 3 rings (SSSR count). The fraction of sp³-hybridized carbons (Fsp3) is 0.273. The van der Waals surface area contributed by atoms with Crippen LogP contribution in [-0.4, -0.2) is 22.9 Å². The molecule has 0 radical (unpaired) electrons. The normalized spacial score (nSPS) is 12.2. The first-order valence-electron chi connectivity index (χ1n) is 9.42. The molecule has 0 saturated heterocycles. The molecule has 0 N–H and O–H groups in total. The molecule has 8 heteroatoms. The molecule has 0 aliphatic heterocycles. The van der Waals surface area contributed by atoms with Crippen LogP contribution < -0.4 is 5.43 Å². The Labute approximate surface area is 175 Å². The minimum absolute atomic E-state index is 0.0335. The van der Waals surface area contributed by atoms with Gasteiger partial charge in [0, 0.05) is 17.1 Å². The molecule has 30 heavy (non-hydrogen) atoms. The number of halogens is 3. The first-order chi connectivity index (χ1) is 14.3. The quantitative estimate of drug-likeness (QED) is 0.286. The standard InChI is InChI=1S/C22H20F3NO3S/c1-3-29-22(28)16-12-26(13(2)9-10-30-14-7-5-4-6-8-14)20-15(21(16)27)11-17(23)18(24)19(20)25/h4-8,11-13H,3,9-10H2,1-2H3/t13-/m0/s1. The molecular weight excluding hydrogens is 415 g/mol. The fourth-order valence-corrected chi connectivity index (χ4v) is 4.17. The van der Waals surface area contributed by atoms with Crippen LogP contribution in [0.3, 0.4) is 0 Å². The number of thioether (sulfide) groups is 1. The molecule has 1 heterocycles. The smallest absolute Gasteiger partial charge is 0.343 e. The predicted octanol–water partition coefficient (Wildman–Crippen LogP) is 5.34. The number of hydrogen-bond acceptors (Lipinski definition) is 4. The number of rotatable bonds is 7. The second-order valence-corrected chi connectivity index (χ2v) is 7.85. The highest BCUT2D eigenvalue weighted by Crippen LogP contribution is 2.27. The number of hydrogen-bond donors (Lipinski definition) is 0. The van der Waals surface area contributed by atoms with Gasteiger partial charge < -0.3 is 9.30 Å². The first kappa shape index (κ1) is 22.0. The van der Waals surface area contributed by atoms with E-state index >= 15 is 0 Å². The fourth-order valence-electron chi connectivity index (χ4n) is 3.12. The Kier molecular flexibility index (Phi) is 6.87. The zero-order chi connectivity index (χ0) is 21.8. The van der Waals surface area contributed by atoms with E-state index < -0.39 is 40.3 Å². The zero-order valence-electron chi connectivity index (χ0n) is 16.5. The summed E-state index contributed by atoms with van der Waals surface area (Å²) in [5.41, 5.74) is -1.62. The number of carbonyl (C=O) groups excluding carboxylic acids is 1. The van der Waals surface area contributed by atoms with Crippen molar-refractivity contribution in [2.45, 2.75) is 31.2 Å². The lowest BCUT2D eigenvalue weighted by atomic mass is 10.1. The summed E-state index contributed by atoms with van der Waals surface area (Å²) in [6.07, 6.45) is 1.69. The second-order valence-electron chi connectivity index (χ2n) is 6.68. The number of ether oxygens (including phenoxy) is 1. The molecule has 0 amide bonds. The topological polar surface area (TPSA) is 48.3 Å². The van der Waals surface area contributed by atoms with Crippen molar-refractivity contribution in [3.05, 3.63) is 75.8 Å². The van der Waals surface area contributed by atoms with E-state index in [2.05, 4.69) is 0 Å². The van der Waals surface area contributed by atoms with Crippen molar-refractivity contribution in [1.82, 2.24) is 4.57 Å². The number of esters is 1. The van der Waals surface area contributed by atoms with Crippen LogP contribution in [-0.2, 0) is 4.74 Å². The summed E-state index contributed by atoms with van der Waals surface area (Å²) < 4.78 is 48.6. The Hall–Kier alpha value is -2.74. The van der Waals surface area contributed by atoms with E-state index in [0.717, 1.165) is 4.90 Å². The average Bonchev–Trinajstić information content (AvgIpc) is 2.73. The molecule has 3 aromatic rings. The van der Waals surface area contributed by atoms with Gasteiger partial charge in [-0.15, -0.1) is 11.8 Å². The molecule has 0 spiro atoms. The summed E-state index contributed by atoms with van der Waals surface area (Å²) in [5.74, 6) is -4.85. The van der Waals surface area contributed by atoms with Gasteiger partial charge >= 0.3 is 5.97 Å². The van der Waals surface area contributed by atoms with E-state index in [1.165, 1.54) is 10.8 Å². The highest BCUT2D eigenvalue weighted by Gasteiger charge is 2.24. The first-order valence-corrected chi connectivity index (χ1v) is 10.4. The SMILES string of the molecule is CCOC(=O)c1cn([C@@H](C)CCSc2ccccc2)c2c(F)c(F)c(F)cc2c1=O. The lowest BCUT2D eigenvalue weighted by molar-refractivity contribution is 0.0524. The Morgan fingerprint density at radius 2 is 1.87 bits per heavy atom. The van der Waals surface area contributed by atoms with E-state index in [0.29, 0.717) is 18.2 Å². The Morgan fingerprint density at radius 1 is 1.17 bits per heavy atom. The van der Waals surface area contributed by atoms with Crippen molar-refractivity contribution >= 4 is 28.6 Å². The number of aromatic nitrogens is 1. The summed E-state index contributed by atoms with van der Waals surface area (Å²) in [6, 6.07) is 9.88. The van der Waals surface area contributed by atoms with Gasteiger partial charge in [0.25, 0.3) is 0 Å². The maximum absolute atomic E-state index is 14.6. The summed E-state index contributed by atoms with van der Waals surface area (Å²) in [7, 11) is 0. The van der Waals surface area contributed by atoms with Gasteiger partial charge in [-0.25, -0.2) is 18.0 Å². The monoisotopic (exact) mass is 435 g/mol. The van der Waals surface area contributed by atoms with Crippen molar-refractivity contribution < 1.29 is 22.7 Å². The Bertz CT molecular complexity index is 1130. The summed E-state index contributed by atoms with van der Waals surface area (Å²) >= 11 is 1.59. The van der Waals surface area contributed by atoms with Crippen molar-refractivity contribution in [2.24, 2.45) is 0 Å². The van der Waals surface area contributed by atoms with Crippen LogP contribution >= 0.6 is 11.8 Å². The molecule has 0 fully saturated rings.